The summed E-state index contributed by atoms with van der Waals surface area (Å²) >= 11 is 12.3. The third-order valence-corrected chi connectivity index (χ3v) is 6.48. The van der Waals surface area contributed by atoms with E-state index in [0.717, 1.165) is 39.3 Å². The lowest BCUT2D eigenvalue weighted by Crippen LogP contribution is -2.39. The van der Waals surface area contributed by atoms with Crippen molar-refractivity contribution in [3.8, 4) is 5.69 Å². The van der Waals surface area contributed by atoms with E-state index >= 15 is 0 Å². The van der Waals surface area contributed by atoms with E-state index in [2.05, 4.69) is 10.5 Å². The maximum Gasteiger partial charge on any atom is 0.260 e. The van der Waals surface area contributed by atoms with Crippen molar-refractivity contribution in [2.24, 2.45) is 5.10 Å². The van der Waals surface area contributed by atoms with Gasteiger partial charge in [-0.3, -0.25) is 9.10 Å². The van der Waals surface area contributed by atoms with Crippen LogP contribution >= 0.6 is 23.2 Å². The van der Waals surface area contributed by atoms with Gasteiger partial charge in [0.05, 0.1) is 28.9 Å². The molecule has 3 rings (SSSR count). The highest BCUT2D eigenvalue weighted by Crippen LogP contribution is 2.28. The maximum absolute atomic E-state index is 13.5. The molecule has 0 aliphatic rings. The number of rotatable bonds is 7. The molecule has 0 saturated carbocycles. The second-order valence-electron chi connectivity index (χ2n) is 7.30. The zero-order valence-corrected chi connectivity index (χ0v) is 20.3. The Hall–Kier alpha value is -2.88. The number of carbonyl (C=O) groups is 1. The Morgan fingerprint density at radius 3 is 2.55 bits per heavy atom. The van der Waals surface area contributed by atoms with Crippen molar-refractivity contribution in [2.45, 2.75) is 13.8 Å². The van der Waals surface area contributed by atoms with Crippen molar-refractivity contribution in [1.82, 2.24) is 9.99 Å². The number of benzene rings is 2. The van der Waals surface area contributed by atoms with Crippen LogP contribution in [0.4, 0.5) is 10.1 Å². The largest absolute Gasteiger partial charge is 0.316 e. The molecule has 1 heterocycles. The van der Waals surface area contributed by atoms with E-state index in [4.69, 9.17) is 23.2 Å². The first-order valence-corrected chi connectivity index (χ1v) is 12.3. The van der Waals surface area contributed by atoms with Crippen molar-refractivity contribution >= 4 is 51.0 Å². The van der Waals surface area contributed by atoms with Gasteiger partial charge in [0.25, 0.3) is 5.91 Å². The smallest absolute Gasteiger partial charge is 0.260 e. The molecule has 7 nitrogen and oxygen atoms in total. The highest BCUT2D eigenvalue weighted by molar-refractivity contribution is 7.92. The molecule has 2 aromatic carbocycles. The molecule has 1 amide bonds. The average Bonchev–Trinajstić information content (AvgIpc) is 2.99. The van der Waals surface area contributed by atoms with Crippen LogP contribution in [0, 0.1) is 19.7 Å². The normalized spacial score (nSPS) is 11.7. The molecule has 0 bridgehead atoms. The molecule has 0 atom stereocenters. The lowest BCUT2D eigenvalue weighted by atomic mass is 10.2. The first-order chi connectivity index (χ1) is 15.5. The van der Waals surface area contributed by atoms with Crippen LogP contribution in [0.5, 0.6) is 0 Å². The van der Waals surface area contributed by atoms with Gasteiger partial charge in [-0.25, -0.2) is 18.2 Å². The number of carbonyl (C=O) groups excluding carboxylic acids is 1. The lowest BCUT2D eigenvalue weighted by Gasteiger charge is -2.21. The fraction of sp³-hybridized carbons (Fsp3) is 0.182. The summed E-state index contributed by atoms with van der Waals surface area (Å²) in [6.07, 6.45) is 2.39. The monoisotopic (exact) mass is 510 g/mol. The first kappa shape index (κ1) is 24.8. The highest BCUT2D eigenvalue weighted by Gasteiger charge is 2.21. The number of amides is 1. The number of hydrazone groups is 1. The summed E-state index contributed by atoms with van der Waals surface area (Å²) in [7, 11) is -3.83. The van der Waals surface area contributed by atoms with Gasteiger partial charge < -0.3 is 4.57 Å². The standard InChI is InChI=1S/C22H21Cl2FN4O3S/c1-14-9-16(15(2)29(14)21-8-7-17(23)10-20(21)24)12-26-27-22(30)13-28(33(3,31)32)19-6-4-5-18(25)11-19/h4-12H,13H2,1-3H3,(H,27,30)/b26-12-. The molecule has 0 aliphatic carbocycles. The van der Waals surface area contributed by atoms with Crippen LogP contribution in [0.25, 0.3) is 5.69 Å². The van der Waals surface area contributed by atoms with Crippen molar-refractivity contribution in [3.63, 3.8) is 0 Å². The van der Waals surface area contributed by atoms with Gasteiger partial charge in [0, 0.05) is 22.0 Å². The van der Waals surface area contributed by atoms with E-state index in [1.807, 2.05) is 24.5 Å². The number of sulfonamides is 1. The van der Waals surface area contributed by atoms with Gasteiger partial charge in [0.2, 0.25) is 10.0 Å². The summed E-state index contributed by atoms with van der Waals surface area (Å²) < 4.78 is 40.5. The molecule has 1 N–H and O–H groups in total. The molecule has 3 aromatic rings. The summed E-state index contributed by atoms with van der Waals surface area (Å²) in [6, 6.07) is 12.0. The van der Waals surface area contributed by atoms with Crippen LogP contribution in [0.1, 0.15) is 17.0 Å². The Morgan fingerprint density at radius 1 is 1.18 bits per heavy atom. The van der Waals surface area contributed by atoms with Gasteiger partial charge in [-0.2, -0.15) is 5.10 Å². The first-order valence-electron chi connectivity index (χ1n) is 9.67. The predicted molar refractivity (Wildman–Crippen MR) is 130 cm³/mol. The van der Waals surface area contributed by atoms with Crippen LogP contribution in [0.2, 0.25) is 10.0 Å². The zero-order chi connectivity index (χ0) is 24.3. The Balaban J connectivity index is 1.76. The lowest BCUT2D eigenvalue weighted by molar-refractivity contribution is -0.119. The van der Waals surface area contributed by atoms with Crippen LogP contribution in [0.15, 0.2) is 53.6 Å². The van der Waals surface area contributed by atoms with Crippen LogP contribution in [-0.2, 0) is 14.8 Å². The topological polar surface area (TPSA) is 83.8 Å². The van der Waals surface area contributed by atoms with Gasteiger partial charge in [-0.1, -0.05) is 29.3 Å². The molecule has 0 spiro atoms. The fourth-order valence-corrected chi connectivity index (χ4v) is 4.66. The number of hydrogen-bond acceptors (Lipinski definition) is 4. The minimum Gasteiger partial charge on any atom is -0.316 e. The number of hydrogen-bond donors (Lipinski definition) is 1. The Labute approximate surface area is 201 Å². The van der Waals surface area contributed by atoms with Crippen LogP contribution in [0.3, 0.4) is 0 Å². The zero-order valence-electron chi connectivity index (χ0n) is 18.0. The van der Waals surface area contributed by atoms with E-state index in [-0.39, 0.29) is 5.69 Å². The molecule has 1 aromatic heterocycles. The quantitative estimate of drug-likeness (QED) is 0.376. The Morgan fingerprint density at radius 2 is 1.91 bits per heavy atom. The summed E-state index contributed by atoms with van der Waals surface area (Å²) in [5.74, 6) is -1.30. The Bertz CT molecular complexity index is 1340. The second-order valence-corrected chi connectivity index (χ2v) is 10.1. The van der Waals surface area contributed by atoms with Crippen LogP contribution in [-0.4, -0.2) is 37.9 Å². The third kappa shape index (κ3) is 5.93. The molecule has 33 heavy (non-hydrogen) atoms. The van der Waals surface area contributed by atoms with E-state index in [1.165, 1.54) is 24.4 Å². The maximum atomic E-state index is 13.5. The minimum absolute atomic E-state index is 0.0417. The number of aryl methyl sites for hydroxylation is 1. The van der Waals surface area contributed by atoms with Crippen molar-refractivity contribution in [3.05, 3.63) is 81.3 Å². The molecular weight excluding hydrogens is 490 g/mol. The molecule has 0 radical (unpaired) electrons. The molecule has 0 aliphatic heterocycles. The number of nitrogens with one attached hydrogen (secondary N) is 1. The van der Waals surface area contributed by atoms with Crippen molar-refractivity contribution < 1.29 is 17.6 Å². The summed E-state index contributed by atoms with van der Waals surface area (Å²) in [5, 5.41) is 4.96. The van der Waals surface area contributed by atoms with Gasteiger partial charge >= 0.3 is 0 Å². The molecule has 0 saturated heterocycles. The third-order valence-electron chi connectivity index (χ3n) is 4.80. The summed E-state index contributed by atoms with van der Waals surface area (Å²) in [4.78, 5) is 12.3. The van der Waals surface area contributed by atoms with E-state index < -0.39 is 28.3 Å². The van der Waals surface area contributed by atoms with Crippen molar-refractivity contribution in [2.75, 3.05) is 17.1 Å². The predicted octanol–water partition coefficient (Wildman–Crippen LogP) is 4.46. The molecular formula is C22H21Cl2FN4O3S. The fourth-order valence-electron chi connectivity index (χ4n) is 3.32. The van der Waals surface area contributed by atoms with Gasteiger partial charge in [-0.15, -0.1) is 0 Å². The Kier molecular flexibility index (Phi) is 7.46. The van der Waals surface area contributed by atoms with E-state index in [1.54, 1.807) is 18.2 Å². The summed E-state index contributed by atoms with van der Waals surface area (Å²) in [5.41, 5.74) is 5.54. The molecule has 0 unspecified atom stereocenters. The van der Waals surface area contributed by atoms with Crippen molar-refractivity contribution in [1.29, 1.82) is 0 Å². The molecule has 11 heteroatoms. The van der Waals surface area contributed by atoms with E-state index in [9.17, 15) is 17.6 Å². The number of aromatic nitrogens is 1. The SMILES string of the molecule is Cc1cc(/C=N\NC(=O)CN(c2cccc(F)c2)S(C)(=O)=O)c(C)n1-c1ccc(Cl)cc1Cl. The van der Waals surface area contributed by atoms with Gasteiger partial charge in [0.1, 0.15) is 12.4 Å². The van der Waals surface area contributed by atoms with E-state index in [0.29, 0.717) is 10.0 Å². The molecule has 174 valence electrons. The number of anilines is 1. The second kappa shape index (κ2) is 9.94. The highest BCUT2D eigenvalue weighted by atomic mass is 35.5. The number of nitrogens with zero attached hydrogens (tertiary/aromatic N) is 3. The average molecular weight is 511 g/mol. The summed E-state index contributed by atoms with van der Waals surface area (Å²) in [6.45, 7) is 3.21. The minimum atomic E-state index is -3.83. The van der Waals surface area contributed by atoms with Gasteiger partial charge in [0.15, 0.2) is 0 Å². The molecule has 0 fully saturated rings. The van der Waals surface area contributed by atoms with Gasteiger partial charge in [-0.05, 0) is 56.3 Å². The van der Waals surface area contributed by atoms with Crippen LogP contribution < -0.4 is 9.73 Å². The number of halogens is 3.